The molecule has 0 aromatic heterocycles. The number of thioether (sulfide) groups is 1. The molecule has 0 bridgehead atoms. The maximum atomic E-state index is 13.3. The lowest BCUT2D eigenvalue weighted by molar-refractivity contribution is -0.133. The van der Waals surface area contributed by atoms with Gasteiger partial charge in [0.15, 0.2) is 0 Å². The van der Waals surface area contributed by atoms with Crippen LogP contribution in [0.3, 0.4) is 0 Å². The van der Waals surface area contributed by atoms with E-state index in [0.717, 1.165) is 17.3 Å². The first-order valence-corrected chi connectivity index (χ1v) is 9.46. The van der Waals surface area contributed by atoms with Gasteiger partial charge in [0.25, 0.3) is 5.24 Å². The first-order valence-electron chi connectivity index (χ1n) is 8.47. The minimum Gasteiger partial charge on any atom is -0.343 e. The van der Waals surface area contributed by atoms with Crippen molar-refractivity contribution in [2.45, 2.75) is 38.6 Å². The van der Waals surface area contributed by atoms with Crippen molar-refractivity contribution in [2.75, 3.05) is 18.8 Å². The molecule has 134 valence electrons. The zero-order valence-corrected chi connectivity index (χ0v) is 15.0. The lowest BCUT2D eigenvalue weighted by atomic mass is 10.0. The van der Waals surface area contributed by atoms with Gasteiger partial charge in [-0.25, -0.2) is 4.39 Å². The summed E-state index contributed by atoms with van der Waals surface area (Å²) < 4.78 is 13.3. The van der Waals surface area contributed by atoms with E-state index in [1.165, 1.54) is 11.0 Å². The highest BCUT2D eigenvalue weighted by Gasteiger charge is 2.37. The summed E-state index contributed by atoms with van der Waals surface area (Å²) in [6.45, 7) is 2.84. The topological polar surface area (TPSA) is 57.7 Å². The van der Waals surface area contributed by atoms with Gasteiger partial charge in [0.05, 0.1) is 5.75 Å². The van der Waals surface area contributed by atoms with Gasteiger partial charge in [0.1, 0.15) is 5.82 Å². The summed E-state index contributed by atoms with van der Waals surface area (Å²) in [5, 5.41) is -0.165. The molecular formula is C18H21FN2O3S. The summed E-state index contributed by atoms with van der Waals surface area (Å²) in [4.78, 5) is 39.1. The van der Waals surface area contributed by atoms with Gasteiger partial charge in [-0.1, -0.05) is 23.9 Å². The number of rotatable bonds is 4. The summed E-state index contributed by atoms with van der Waals surface area (Å²) in [6, 6.07) is 4.84. The van der Waals surface area contributed by atoms with Gasteiger partial charge in [0, 0.05) is 25.6 Å². The molecule has 25 heavy (non-hydrogen) atoms. The minimum absolute atomic E-state index is 0.0638. The van der Waals surface area contributed by atoms with E-state index in [4.69, 9.17) is 0 Å². The zero-order valence-electron chi connectivity index (χ0n) is 14.2. The Balaban J connectivity index is 1.49. The average Bonchev–Trinajstić information content (AvgIpc) is 2.94. The van der Waals surface area contributed by atoms with Gasteiger partial charge >= 0.3 is 0 Å². The summed E-state index contributed by atoms with van der Waals surface area (Å²) in [5.41, 5.74) is 1.54. The third-order valence-corrected chi connectivity index (χ3v) is 5.65. The summed E-state index contributed by atoms with van der Waals surface area (Å²) in [6.07, 6.45) is 2.24. The number of nitrogens with zero attached hydrogens (tertiary/aromatic N) is 2. The fraction of sp³-hybridized carbons (Fsp3) is 0.500. The molecule has 1 aromatic carbocycles. The van der Waals surface area contributed by atoms with Crippen LogP contribution < -0.4 is 0 Å². The molecule has 3 amide bonds. The van der Waals surface area contributed by atoms with Crippen LogP contribution >= 0.6 is 11.8 Å². The second kappa shape index (κ2) is 7.56. The molecule has 2 fully saturated rings. The van der Waals surface area contributed by atoms with Crippen LogP contribution in [-0.2, 0) is 16.0 Å². The monoisotopic (exact) mass is 364 g/mol. The number of hydrogen-bond acceptors (Lipinski definition) is 4. The van der Waals surface area contributed by atoms with Crippen molar-refractivity contribution in [2.24, 2.45) is 0 Å². The van der Waals surface area contributed by atoms with Crippen molar-refractivity contribution in [3.8, 4) is 0 Å². The number of benzene rings is 1. The molecule has 2 aliphatic heterocycles. The molecule has 1 aromatic rings. The zero-order chi connectivity index (χ0) is 18.0. The number of carbonyl (C=O) groups is 3. The Kier molecular flexibility index (Phi) is 5.42. The van der Waals surface area contributed by atoms with Gasteiger partial charge < -0.3 is 4.90 Å². The quantitative estimate of drug-likeness (QED) is 0.824. The molecule has 5 nitrogen and oxygen atoms in total. The standard InChI is InChI=1S/C18H21FN2O3S/c1-12-10-13(2-4-15(12)19)3-5-16(22)20-8-6-14(7-9-20)21-17(23)11-25-18(21)24/h2,4,10,14H,3,5-9,11H2,1H3. The second-order valence-electron chi connectivity index (χ2n) is 6.51. The van der Waals surface area contributed by atoms with E-state index in [0.29, 0.717) is 44.3 Å². The smallest absolute Gasteiger partial charge is 0.289 e. The molecule has 0 radical (unpaired) electrons. The highest BCUT2D eigenvalue weighted by molar-refractivity contribution is 8.14. The molecule has 0 aliphatic carbocycles. The lowest BCUT2D eigenvalue weighted by Gasteiger charge is -2.35. The van der Waals surface area contributed by atoms with Crippen molar-refractivity contribution in [3.63, 3.8) is 0 Å². The number of likely N-dealkylation sites (tertiary alicyclic amines) is 1. The van der Waals surface area contributed by atoms with Gasteiger partial charge in [-0.3, -0.25) is 19.3 Å². The molecule has 2 aliphatic rings. The Bertz CT molecular complexity index is 686. The average molecular weight is 364 g/mol. The molecule has 0 atom stereocenters. The van der Waals surface area contributed by atoms with Gasteiger partial charge in [-0.05, 0) is 43.4 Å². The van der Waals surface area contributed by atoms with Gasteiger partial charge in [0.2, 0.25) is 11.8 Å². The van der Waals surface area contributed by atoms with E-state index >= 15 is 0 Å². The SMILES string of the molecule is Cc1cc(CCC(=O)N2CCC(N3C(=O)CSC3=O)CC2)ccc1F. The molecule has 0 saturated carbocycles. The lowest BCUT2D eigenvalue weighted by Crippen LogP contribution is -2.48. The van der Waals surface area contributed by atoms with Crippen LogP contribution in [0.5, 0.6) is 0 Å². The first-order chi connectivity index (χ1) is 12.0. The third kappa shape index (κ3) is 4.03. The van der Waals surface area contributed by atoms with Crippen LogP contribution in [0.1, 0.15) is 30.4 Å². The number of halogens is 1. The fourth-order valence-corrected chi connectivity index (χ4v) is 4.14. The Morgan fingerprint density at radius 3 is 2.60 bits per heavy atom. The van der Waals surface area contributed by atoms with E-state index in [2.05, 4.69) is 0 Å². The van der Waals surface area contributed by atoms with E-state index in [1.54, 1.807) is 24.0 Å². The maximum Gasteiger partial charge on any atom is 0.289 e. The molecule has 0 unspecified atom stereocenters. The largest absolute Gasteiger partial charge is 0.343 e. The van der Waals surface area contributed by atoms with Crippen molar-refractivity contribution in [3.05, 3.63) is 35.1 Å². The summed E-state index contributed by atoms with van der Waals surface area (Å²) in [5.74, 6) is -0.0589. The second-order valence-corrected chi connectivity index (χ2v) is 7.44. The molecule has 7 heteroatoms. The predicted molar refractivity (Wildman–Crippen MR) is 93.8 cm³/mol. The first kappa shape index (κ1) is 17.9. The Hall–Kier alpha value is -1.89. The van der Waals surface area contributed by atoms with Crippen LogP contribution in [0.15, 0.2) is 18.2 Å². The van der Waals surface area contributed by atoms with Crippen molar-refractivity contribution >= 4 is 28.8 Å². The highest BCUT2D eigenvalue weighted by Crippen LogP contribution is 2.27. The Morgan fingerprint density at radius 2 is 2.00 bits per heavy atom. The summed E-state index contributed by atoms with van der Waals surface area (Å²) >= 11 is 1.05. The van der Waals surface area contributed by atoms with E-state index in [1.807, 2.05) is 0 Å². The van der Waals surface area contributed by atoms with Gasteiger partial charge in [-0.15, -0.1) is 0 Å². The maximum absolute atomic E-state index is 13.3. The number of amides is 3. The Labute approximate surface area is 150 Å². The molecular weight excluding hydrogens is 343 g/mol. The molecule has 3 rings (SSSR count). The third-order valence-electron chi connectivity index (χ3n) is 4.82. The van der Waals surface area contributed by atoms with Crippen molar-refractivity contribution < 1.29 is 18.8 Å². The van der Waals surface area contributed by atoms with Crippen LogP contribution in [-0.4, -0.2) is 51.7 Å². The van der Waals surface area contributed by atoms with Crippen LogP contribution in [0.25, 0.3) is 0 Å². The summed E-state index contributed by atoms with van der Waals surface area (Å²) in [7, 11) is 0. The van der Waals surface area contributed by atoms with Gasteiger partial charge in [-0.2, -0.15) is 0 Å². The minimum atomic E-state index is -0.235. The number of carbonyl (C=O) groups excluding carboxylic acids is 3. The van der Waals surface area contributed by atoms with Crippen LogP contribution in [0.4, 0.5) is 9.18 Å². The van der Waals surface area contributed by atoms with E-state index in [-0.39, 0.29) is 34.7 Å². The van der Waals surface area contributed by atoms with E-state index in [9.17, 15) is 18.8 Å². The van der Waals surface area contributed by atoms with Crippen LogP contribution in [0.2, 0.25) is 0 Å². The van der Waals surface area contributed by atoms with Crippen molar-refractivity contribution in [1.29, 1.82) is 0 Å². The molecule has 2 heterocycles. The van der Waals surface area contributed by atoms with Crippen LogP contribution in [0, 0.1) is 12.7 Å². The number of imide groups is 1. The predicted octanol–water partition coefficient (Wildman–Crippen LogP) is 2.75. The number of hydrogen-bond donors (Lipinski definition) is 0. The normalized spacial score (nSPS) is 19.0. The number of aryl methyl sites for hydroxylation is 2. The molecule has 0 spiro atoms. The Morgan fingerprint density at radius 1 is 1.28 bits per heavy atom. The molecule has 2 saturated heterocycles. The molecule has 0 N–H and O–H groups in total. The van der Waals surface area contributed by atoms with E-state index < -0.39 is 0 Å². The number of piperidine rings is 1. The van der Waals surface area contributed by atoms with Crippen molar-refractivity contribution in [1.82, 2.24) is 9.80 Å². The highest BCUT2D eigenvalue weighted by atomic mass is 32.2. The fourth-order valence-electron chi connectivity index (χ4n) is 3.36.